The zero-order valence-corrected chi connectivity index (χ0v) is 21.1. The van der Waals surface area contributed by atoms with Crippen LogP contribution in [0, 0.1) is 24.1 Å². The molecule has 2 N–H and O–H groups in total. The number of hydrogen-bond acceptors (Lipinski definition) is 5. The molecule has 4 rings (SSSR count). The standard InChI is InChI=1S/C26H32FN5O2S/c1-4-10-31-17-23(15-29-31)35(33,34)32-11-9-24(19(3)16-32)25-13-20(14-28)26(12-18(25)2)30-22-7-5-21(27)6-8-22/h5-8,12-15,17,19,24,28,30H,4,9-11,16H2,1-3H3. The molecule has 0 radical (unpaired) electrons. The van der Waals surface area contributed by atoms with Gasteiger partial charge in [0.05, 0.1) is 6.20 Å². The van der Waals surface area contributed by atoms with E-state index in [1.807, 2.05) is 26.0 Å². The molecule has 1 aliphatic rings. The number of piperidine rings is 1. The van der Waals surface area contributed by atoms with Gasteiger partial charge in [0.25, 0.3) is 0 Å². The molecule has 3 aromatic rings. The second-order valence-electron chi connectivity index (χ2n) is 9.25. The van der Waals surface area contributed by atoms with Gasteiger partial charge in [-0.3, -0.25) is 4.68 Å². The number of rotatable bonds is 8. The molecule has 0 amide bonds. The Hall–Kier alpha value is -3.04. The van der Waals surface area contributed by atoms with E-state index in [0.29, 0.717) is 26.1 Å². The number of sulfonamides is 1. The molecule has 1 aliphatic heterocycles. The third-order valence-electron chi connectivity index (χ3n) is 6.68. The van der Waals surface area contributed by atoms with Crippen molar-refractivity contribution in [3.8, 4) is 0 Å². The van der Waals surface area contributed by atoms with E-state index in [4.69, 9.17) is 5.41 Å². The normalized spacial score (nSPS) is 19.0. The monoisotopic (exact) mass is 497 g/mol. The van der Waals surface area contributed by atoms with Crippen LogP contribution in [-0.4, -0.2) is 41.8 Å². The average Bonchev–Trinajstić information content (AvgIpc) is 3.31. The molecule has 186 valence electrons. The molecule has 2 unspecified atom stereocenters. The van der Waals surface area contributed by atoms with Crippen LogP contribution in [0.4, 0.5) is 15.8 Å². The lowest BCUT2D eigenvalue weighted by molar-refractivity contribution is 0.248. The van der Waals surface area contributed by atoms with E-state index in [2.05, 4.69) is 17.3 Å². The van der Waals surface area contributed by atoms with Gasteiger partial charge in [0.1, 0.15) is 10.7 Å². The highest BCUT2D eigenvalue weighted by Gasteiger charge is 2.35. The van der Waals surface area contributed by atoms with Crippen LogP contribution in [0.15, 0.2) is 53.7 Å². The van der Waals surface area contributed by atoms with Crippen molar-refractivity contribution in [2.24, 2.45) is 5.92 Å². The Kier molecular flexibility index (Phi) is 7.37. The van der Waals surface area contributed by atoms with Gasteiger partial charge < -0.3 is 10.7 Å². The molecule has 1 saturated heterocycles. The Labute approximate surface area is 206 Å². The molecule has 0 bridgehead atoms. The zero-order valence-electron chi connectivity index (χ0n) is 20.3. The summed E-state index contributed by atoms with van der Waals surface area (Å²) in [5, 5.41) is 15.4. The SMILES string of the molecule is CCCn1cc(S(=O)(=O)N2CCC(c3cc(C=N)c(Nc4ccc(F)cc4)cc3C)C(C)C2)cn1. The van der Waals surface area contributed by atoms with E-state index < -0.39 is 10.0 Å². The first-order chi connectivity index (χ1) is 16.7. The number of halogens is 1. The van der Waals surface area contributed by atoms with Crippen molar-refractivity contribution >= 4 is 27.6 Å². The zero-order chi connectivity index (χ0) is 25.2. The highest BCUT2D eigenvalue weighted by molar-refractivity contribution is 7.89. The first kappa shape index (κ1) is 25.1. The molecule has 35 heavy (non-hydrogen) atoms. The summed E-state index contributed by atoms with van der Waals surface area (Å²) >= 11 is 0. The Morgan fingerprint density at radius 3 is 2.66 bits per heavy atom. The van der Waals surface area contributed by atoms with Crippen LogP contribution >= 0.6 is 0 Å². The fourth-order valence-corrected chi connectivity index (χ4v) is 6.33. The molecule has 0 saturated carbocycles. The Morgan fingerprint density at radius 1 is 1.26 bits per heavy atom. The highest BCUT2D eigenvalue weighted by atomic mass is 32.2. The highest BCUT2D eigenvalue weighted by Crippen LogP contribution is 2.38. The van der Waals surface area contributed by atoms with Crippen LogP contribution in [0.5, 0.6) is 0 Å². The number of hydrogen-bond donors (Lipinski definition) is 2. The summed E-state index contributed by atoms with van der Waals surface area (Å²) in [6.45, 7) is 7.71. The van der Waals surface area contributed by atoms with E-state index in [9.17, 15) is 12.8 Å². The van der Waals surface area contributed by atoms with Crippen LogP contribution in [0.3, 0.4) is 0 Å². The number of nitrogens with zero attached hydrogens (tertiary/aromatic N) is 3. The molecule has 2 atom stereocenters. The van der Waals surface area contributed by atoms with Crippen molar-refractivity contribution in [3.05, 3.63) is 71.3 Å². The molecule has 1 aromatic heterocycles. The average molecular weight is 498 g/mol. The molecule has 7 nitrogen and oxygen atoms in total. The number of aromatic nitrogens is 2. The van der Waals surface area contributed by atoms with Gasteiger partial charge in [0.15, 0.2) is 0 Å². The van der Waals surface area contributed by atoms with E-state index in [0.717, 1.165) is 34.5 Å². The smallest absolute Gasteiger partial charge is 0.246 e. The summed E-state index contributed by atoms with van der Waals surface area (Å²) < 4.78 is 42.9. The summed E-state index contributed by atoms with van der Waals surface area (Å²) in [6.07, 6.45) is 5.95. The largest absolute Gasteiger partial charge is 0.355 e. The van der Waals surface area contributed by atoms with Gasteiger partial charge in [-0.15, -0.1) is 0 Å². The van der Waals surface area contributed by atoms with Crippen molar-refractivity contribution in [2.75, 3.05) is 18.4 Å². The van der Waals surface area contributed by atoms with Crippen LogP contribution in [0.2, 0.25) is 0 Å². The van der Waals surface area contributed by atoms with Crippen molar-refractivity contribution in [3.63, 3.8) is 0 Å². The van der Waals surface area contributed by atoms with Gasteiger partial charge in [-0.25, -0.2) is 12.8 Å². The molecule has 1 fully saturated rings. The van der Waals surface area contributed by atoms with Crippen LogP contribution in [0.1, 0.15) is 49.3 Å². The predicted molar refractivity (Wildman–Crippen MR) is 137 cm³/mol. The molecule has 2 heterocycles. The molecule has 9 heteroatoms. The van der Waals surface area contributed by atoms with Gasteiger partial charge in [0.2, 0.25) is 10.0 Å². The van der Waals surface area contributed by atoms with Gasteiger partial charge >= 0.3 is 0 Å². The first-order valence-electron chi connectivity index (χ1n) is 11.9. The maximum absolute atomic E-state index is 13.3. The third-order valence-corrected chi connectivity index (χ3v) is 8.50. The fourth-order valence-electron chi connectivity index (χ4n) is 4.82. The Bertz CT molecular complexity index is 1300. The van der Waals surface area contributed by atoms with Crippen LogP contribution in [-0.2, 0) is 16.6 Å². The molecule has 0 aliphatic carbocycles. The van der Waals surface area contributed by atoms with E-state index in [1.54, 1.807) is 27.3 Å². The lowest BCUT2D eigenvalue weighted by Crippen LogP contribution is -2.42. The fraction of sp³-hybridized carbons (Fsp3) is 0.385. The van der Waals surface area contributed by atoms with Gasteiger partial charge in [-0.05, 0) is 79.1 Å². The number of benzene rings is 2. The summed E-state index contributed by atoms with van der Waals surface area (Å²) in [6, 6.07) is 10.1. The molecular weight excluding hydrogens is 465 g/mol. The maximum atomic E-state index is 13.3. The minimum absolute atomic E-state index is 0.109. The van der Waals surface area contributed by atoms with E-state index in [1.165, 1.54) is 24.5 Å². The van der Waals surface area contributed by atoms with Crippen molar-refractivity contribution in [1.82, 2.24) is 14.1 Å². The quantitative estimate of drug-likeness (QED) is 0.414. The number of anilines is 2. The lowest BCUT2D eigenvalue weighted by atomic mass is 9.79. The van der Waals surface area contributed by atoms with Crippen molar-refractivity contribution in [1.29, 1.82) is 5.41 Å². The number of aryl methyl sites for hydroxylation is 2. The first-order valence-corrected chi connectivity index (χ1v) is 13.4. The van der Waals surface area contributed by atoms with Crippen molar-refractivity contribution < 1.29 is 12.8 Å². The predicted octanol–water partition coefficient (Wildman–Crippen LogP) is 5.30. The summed E-state index contributed by atoms with van der Waals surface area (Å²) in [5.74, 6) is -0.00766. The Balaban J connectivity index is 1.53. The third kappa shape index (κ3) is 5.31. The minimum atomic E-state index is -3.59. The maximum Gasteiger partial charge on any atom is 0.246 e. The second kappa shape index (κ2) is 10.3. The topological polar surface area (TPSA) is 91.1 Å². The lowest BCUT2D eigenvalue weighted by Gasteiger charge is -2.37. The second-order valence-corrected chi connectivity index (χ2v) is 11.2. The molecule has 2 aromatic carbocycles. The van der Waals surface area contributed by atoms with Gasteiger partial charge in [-0.1, -0.05) is 13.8 Å². The van der Waals surface area contributed by atoms with E-state index >= 15 is 0 Å². The van der Waals surface area contributed by atoms with E-state index in [-0.39, 0.29) is 22.5 Å². The van der Waals surface area contributed by atoms with Crippen LogP contribution < -0.4 is 5.32 Å². The molecular formula is C26H32FN5O2S. The number of nitrogens with one attached hydrogen (secondary N) is 2. The van der Waals surface area contributed by atoms with Crippen molar-refractivity contribution in [2.45, 2.75) is 51.0 Å². The summed E-state index contributed by atoms with van der Waals surface area (Å²) in [5.41, 5.74) is 4.48. The summed E-state index contributed by atoms with van der Waals surface area (Å²) in [7, 11) is -3.59. The van der Waals surface area contributed by atoms with Gasteiger partial charge in [-0.2, -0.15) is 9.40 Å². The van der Waals surface area contributed by atoms with Gasteiger partial charge in [0, 0.05) is 49.0 Å². The van der Waals surface area contributed by atoms with Crippen LogP contribution in [0.25, 0.3) is 0 Å². The minimum Gasteiger partial charge on any atom is -0.355 e. The Morgan fingerprint density at radius 2 is 2.00 bits per heavy atom. The summed E-state index contributed by atoms with van der Waals surface area (Å²) in [4.78, 5) is 0.245. The molecule has 0 spiro atoms.